The number of nitrogens with zero attached hydrogens (tertiary/aromatic N) is 2. The van der Waals surface area contributed by atoms with E-state index >= 15 is 0 Å². The minimum Gasteiger partial charge on any atom is -0.367 e. The van der Waals surface area contributed by atoms with Crippen LogP contribution in [0.15, 0.2) is 72.3 Å². The summed E-state index contributed by atoms with van der Waals surface area (Å²) >= 11 is 6.30. The molecule has 3 aromatic carbocycles. The first-order valence-corrected chi connectivity index (χ1v) is 11.7. The van der Waals surface area contributed by atoms with Crippen molar-refractivity contribution in [2.75, 3.05) is 16.3 Å². The van der Waals surface area contributed by atoms with Gasteiger partial charge in [0.15, 0.2) is 0 Å². The fourth-order valence-electron chi connectivity index (χ4n) is 4.46. The number of nitrogens with one attached hydrogen (secondary N) is 1. The SMILES string of the molecule is O=C1NC(=O)N(c2cccc(C(F)(F)F)c2)C(=O)/C1=C/c1ccc2c(c1)CCN2Cc1ccccc1Cl. The number of carbonyl (C=O) groups excluding carboxylic acids is 3. The highest BCUT2D eigenvalue weighted by molar-refractivity contribution is 6.39. The van der Waals surface area contributed by atoms with Crippen LogP contribution in [0.2, 0.25) is 5.02 Å². The van der Waals surface area contributed by atoms with Gasteiger partial charge in [-0.05, 0) is 65.6 Å². The number of barbiturate groups is 1. The predicted molar refractivity (Wildman–Crippen MR) is 133 cm³/mol. The number of carbonyl (C=O) groups is 3. The molecule has 1 saturated heterocycles. The van der Waals surface area contributed by atoms with Gasteiger partial charge in [-0.2, -0.15) is 13.2 Å². The summed E-state index contributed by atoms with van der Waals surface area (Å²) in [5.41, 5.74) is 1.89. The highest BCUT2D eigenvalue weighted by atomic mass is 35.5. The van der Waals surface area contributed by atoms with Crippen molar-refractivity contribution in [1.29, 1.82) is 0 Å². The lowest BCUT2D eigenvalue weighted by atomic mass is 10.0. The lowest BCUT2D eigenvalue weighted by Gasteiger charge is -2.27. The number of urea groups is 1. The summed E-state index contributed by atoms with van der Waals surface area (Å²) in [5.74, 6) is -1.92. The van der Waals surface area contributed by atoms with Crippen molar-refractivity contribution in [2.24, 2.45) is 0 Å². The van der Waals surface area contributed by atoms with Gasteiger partial charge in [0.2, 0.25) is 0 Å². The third kappa shape index (κ3) is 4.82. The summed E-state index contributed by atoms with van der Waals surface area (Å²) in [5, 5.41) is 2.72. The van der Waals surface area contributed by atoms with Crippen LogP contribution in [-0.2, 0) is 28.7 Å². The Morgan fingerprint density at radius 2 is 1.76 bits per heavy atom. The van der Waals surface area contributed by atoms with Crippen LogP contribution in [0.25, 0.3) is 6.08 Å². The molecule has 0 spiro atoms. The maximum Gasteiger partial charge on any atom is 0.416 e. The van der Waals surface area contributed by atoms with Gasteiger partial charge in [-0.15, -0.1) is 0 Å². The molecule has 0 radical (unpaired) electrons. The summed E-state index contributed by atoms with van der Waals surface area (Å²) in [7, 11) is 0. The largest absolute Gasteiger partial charge is 0.416 e. The molecule has 37 heavy (non-hydrogen) atoms. The minimum absolute atomic E-state index is 0.292. The molecule has 2 aliphatic rings. The number of halogens is 4. The van der Waals surface area contributed by atoms with Crippen LogP contribution in [-0.4, -0.2) is 24.4 Å². The second-order valence-corrected chi connectivity index (χ2v) is 9.06. The predicted octanol–water partition coefficient (Wildman–Crippen LogP) is 5.59. The van der Waals surface area contributed by atoms with E-state index in [1.165, 1.54) is 12.1 Å². The van der Waals surface area contributed by atoms with Crippen molar-refractivity contribution in [3.05, 3.63) is 99.6 Å². The number of alkyl halides is 3. The fraction of sp³-hybridized carbons (Fsp3) is 0.148. The summed E-state index contributed by atoms with van der Waals surface area (Å²) in [6.07, 6.45) is -2.59. The van der Waals surface area contributed by atoms with Gasteiger partial charge in [0.05, 0.1) is 11.3 Å². The first kappa shape index (κ1) is 24.6. The molecule has 6 nitrogen and oxygen atoms in total. The van der Waals surface area contributed by atoms with E-state index in [0.29, 0.717) is 28.1 Å². The van der Waals surface area contributed by atoms with E-state index in [1.54, 1.807) is 6.07 Å². The number of amides is 4. The fourth-order valence-corrected chi connectivity index (χ4v) is 4.65. The molecular formula is C27H19ClF3N3O3. The third-order valence-corrected chi connectivity index (χ3v) is 6.63. The van der Waals surface area contributed by atoms with Crippen LogP contribution in [0.1, 0.15) is 22.3 Å². The van der Waals surface area contributed by atoms with E-state index in [1.807, 2.05) is 41.7 Å². The average molecular weight is 526 g/mol. The van der Waals surface area contributed by atoms with Gasteiger partial charge < -0.3 is 4.90 Å². The topological polar surface area (TPSA) is 69.7 Å². The van der Waals surface area contributed by atoms with Gasteiger partial charge in [0.25, 0.3) is 11.8 Å². The van der Waals surface area contributed by atoms with E-state index < -0.39 is 29.6 Å². The van der Waals surface area contributed by atoms with E-state index in [4.69, 9.17) is 11.6 Å². The highest BCUT2D eigenvalue weighted by Gasteiger charge is 2.38. The summed E-state index contributed by atoms with van der Waals surface area (Å²) < 4.78 is 39.5. The standard InChI is InChI=1S/C27H19ClF3N3O3/c28-22-7-2-1-4-18(22)15-33-11-10-17-12-16(8-9-23(17)33)13-21-24(35)32-26(37)34(25(21)36)20-6-3-5-19(14-20)27(29,30)31/h1-9,12-14H,10-11,15H2,(H,32,35,37)/b21-13+. The Balaban J connectivity index is 1.42. The highest BCUT2D eigenvalue weighted by Crippen LogP contribution is 2.34. The molecular weight excluding hydrogens is 507 g/mol. The number of anilines is 2. The Morgan fingerprint density at radius 1 is 0.973 bits per heavy atom. The molecule has 2 aliphatic heterocycles. The Bertz CT molecular complexity index is 1470. The van der Waals surface area contributed by atoms with Gasteiger partial charge >= 0.3 is 12.2 Å². The number of hydrogen-bond acceptors (Lipinski definition) is 4. The molecule has 0 unspecified atom stereocenters. The smallest absolute Gasteiger partial charge is 0.367 e. The number of benzene rings is 3. The van der Waals surface area contributed by atoms with Crippen molar-refractivity contribution in [1.82, 2.24) is 5.32 Å². The average Bonchev–Trinajstić information content (AvgIpc) is 3.24. The van der Waals surface area contributed by atoms with Crippen molar-refractivity contribution >= 4 is 46.9 Å². The lowest BCUT2D eigenvalue weighted by Crippen LogP contribution is -2.54. The van der Waals surface area contributed by atoms with Crippen molar-refractivity contribution in [3.8, 4) is 0 Å². The molecule has 0 aliphatic carbocycles. The maximum atomic E-state index is 13.2. The van der Waals surface area contributed by atoms with Gasteiger partial charge in [-0.3, -0.25) is 14.9 Å². The number of rotatable bonds is 4. The van der Waals surface area contributed by atoms with Crippen LogP contribution in [0.4, 0.5) is 29.3 Å². The summed E-state index contributed by atoms with van der Waals surface area (Å²) in [4.78, 5) is 40.7. The molecule has 1 N–H and O–H groups in total. The maximum absolute atomic E-state index is 13.2. The van der Waals surface area contributed by atoms with Crippen molar-refractivity contribution in [3.63, 3.8) is 0 Å². The van der Waals surface area contributed by atoms with Gasteiger partial charge in [-0.25, -0.2) is 9.69 Å². The monoisotopic (exact) mass is 525 g/mol. The molecule has 1 fully saturated rings. The Hall–Kier alpha value is -4.11. The number of imide groups is 2. The van der Waals surface area contributed by atoms with Gasteiger partial charge in [0, 0.05) is 23.8 Å². The Kier molecular flexibility index (Phi) is 6.25. The minimum atomic E-state index is -4.66. The molecule has 5 rings (SSSR count). The molecule has 0 saturated carbocycles. The molecule has 0 aromatic heterocycles. The van der Waals surface area contributed by atoms with Gasteiger partial charge in [0.1, 0.15) is 5.57 Å². The zero-order valence-electron chi connectivity index (χ0n) is 19.2. The molecule has 188 valence electrons. The second-order valence-electron chi connectivity index (χ2n) is 8.66. The molecule has 2 heterocycles. The van der Waals surface area contributed by atoms with Crippen molar-refractivity contribution in [2.45, 2.75) is 19.1 Å². The van der Waals surface area contributed by atoms with Crippen LogP contribution in [0.5, 0.6) is 0 Å². The number of hydrogen-bond donors (Lipinski definition) is 1. The second kappa shape index (κ2) is 9.40. The van der Waals surface area contributed by atoms with E-state index in [2.05, 4.69) is 4.90 Å². The van der Waals surface area contributed by atoms with E-state index in [-0.39, 0.29) is 11.3 Å². The normalized spacial score (nSPS) is 16.9. The Morgan fingerprint density at radius 3 is 2.51 bits per heavy atom. The first-order valence-electron chi connectivity index (χ1n) is 11.3. The van der Waals surface area contributed by atoms with E-state index in [0.717, 1.165) is 41.9 Å². The number of fused-ring (bicyclic) bond motifs is 1. The Labute approximate surface area is 214 Å². The van der Waals surface area contributed by atoms with Crippen LogP contribution < -0.4 is 15.1 Å². The van der Waals surface area contributed by atoms with E-state index in [9.17, 15) is 27.6 Å². The van der Waals surface area contributed by atoms with Crippen LogP contribution in [0, 0.1) is 0 Å². The van der Waals surface area contributed by atoms with Crippen molar-refractivity contribution < 1.29 is 27.6 Å². The molecule has 10 heteroatoms. The zero-order chi connectivity index (χ0) is 26.3. The summed E-state index contributed by atoms with van der Waals surface area (Å²) in [6.45, 7) is 1.39. The molecule has 0 bridgehead atoms. The molecule has 0 atom stereocenters. The summed E-state index contributed by atoms with van der Waals surface area (Å²) in [6, 6.07) is 15.8. The lowest BCUT2D eigenvalue weighted by molar-refractivity contribution is -0.137. The molecule has 3 aromatic rings. The van der Waals surface area contributed by atoms with Gasteiger partial charge in [-0.1, -0.05) is 41.9 Å². The zero-order valence-corrected chi connectivity index (χ0v) is 19.9. The quantitative estimate of drug-likeness (QED) is 0.356. The first-order chi connectivity index (χ1) is 17.6. The molecule has 4 amide bonds. The van der Waals surface area contributed by atoms with Crippen LogP contribution in [0.3, 0.4) is 0 Å². The van der Waals surface area contributed by atoms with Crippen LogP contribution >= 0.6 is 11.6 Å². The third-order valence-electron chi connectivity index (χ3n) is 6.26.